The summed E-state index contributed by atoms with van der Waals surface area (Å²) >= 11 is 0. The number of nitrogens with two attached hydrogens (primary N) is 1. The minimum absolute atomic E-state index is 0.179. The van der Waals surface area contributed by atoms with Crippen molar-refractivity contribution in [2.24, 2.45) is 11.7 Å². The van der Waals surface area contributed by atoms with E-state index in [0.29, 0.717) is 12.1 Å². The molecule has 3 N–H and O–H groups in total. The van der Waals surface area contributed by atoms with E-state index in [0.717, 1.165) is 18.9 Å². The molecule has 1 aromatic carbocycles. The average molecular weight is 288 g/mol. The number of sulfonamides is 1. The van der Waals surface area contributed by atoms with Crippen molar-refractivity contribution in [3.63, 3.8) is 0 Å². The van der Waals surface area contributed by atoms with Crippen LogP contribution < -0.4 is 10.5 Å². The Morgan fingerprint density at radius 1 is 1.32 bits per heavy atom. The molecule has 0 heterocycles. The van der Waals surface area contributed by atoms with E-state index in [1.54, 1.807) is 0 Å². The highest BCUT2D eigenvalue weighted by atomic mass is 32.2. The molecule has 1 aromatic rings. The molecular weight excluding hydrogens is 267 g/mol. The molecule has 0 saturated heterocycles. The van der Waals surface area contributed by atoms with E-state index in [4.69, 9.17) is 5.73 Å². The molecule has 108 valence electrons. The molecule has 0 fully saturated rings. The van der Waals surface area contributed by atoms with E-state index in [1.807, 2.05) is 13.8 Å². The second-order valence-corrected chi connectivity index (χ2v) is 6.24. The SMILES string of the molecule is CCC(CC)CNS(=O)(=O)c1ccc(CN)cc1F. The van der Waals surface area contributed by atoms with Crippen LogP contribution in [0.4, 0.5) is 4.39 Å². The highest BCUT2D eigenvalue weighted by Crippen LogP contribution is 2.16. The number of rotatable bonds is 7. The van der Waals surface area contributed by atoms with E-state index in [-0.39, 0.29) is 17.4 Å². The summed E-state index contributed by atoms with van der Waals surface area (Å²) in [6, 6.07) is 3.94. The van der Waals surface area contributed by atoms with E-state index in [2.05, 4.69) is 4.72 Å². The Kier molecular flexibility index (Phi) is 5.90. The number of hydrogen-bond acceptors (Lipinski definition) is 3. The molecule has 0 aromatic heterocycles. The fourth-order valence-corrected chi connectivity index (χ4v) is 2.95. The Balaban J connectivity index is 2.88. The van der Waals surface area contributed by atoms with Gasteiger partial charge in [0.25, 0.3) is 0 Å². The van der Waals surface area contributed by atoms with Crippen molar-refractivity contribution in [2.45, 2.75) is 38.1 Å². The highest BCUT2D eigenvalue weighted by molar-refractivity contribution is 7.89. The van der Waals surface area contributed by atoms with Crippen molar-refractivity contribution < 1.29 is 12.8 Å². The molecular formula is C13H21FN2O2S. The van der Waals surface area contributed by atoms with Gasteiger partial charge in [0, 0.05) is 13.1 Å². The molecule has 0 spiro atoms. The molecule has 0 saturated carbocycles. The largest absolute Gasteiger partial charge is 0.326 e. The van der Waals surface area contributed by atoms with Crippen LogP contribution in [-0.2, 0) is 16.6 Å². The predicted molar refractivity (Wildman–Crippen MR) is 73.6 cm³/mol. The summed E-state index contributed by atoms with van der Waals surface area (Å²) in [6.45, 7) is 4.50. The number of halogens is 1. The maximum absolute atomic E-state index is 13.7. The summed E-state index contributed by atoms with van der Waals surface area (Å²) in [7, 11) is -3.80. The first kappa shape index (κ1) is 16.1. The minimum atomic E-state index is -3.80. The molecule has 0 amide bonds. The predicted octanol–water partition coefficient (Wildman–Crippen LogP) is 2.00. The van der Waals surface area contributed by atoms with Crippen LogP contribution in [0.5, 0.6) is 0 Å². The molecule has 0 aliphatic carbocycles. The van der Waals surface area contributed by atoms with Crippen molar-refractivity contribution in [1.82, 2.24) is 4.72 Å². The summed E-state index contributed by atoms with van der Waals surface area (Å²) in [6.07, 6.45) is 1.77. The van der Waals surface area contributed by atoms with Crippen LogP contribution >= 0.6 is 0 Å². The Morgan fingerprint density at radius 2 is 1.95 bits per heavy atom. The van der Waals surface area contributed by atoms with Gasteiger partial charge in [-0.3, -0.25) is 0 Å². The van der Waals surface area contributed by atoms with E-state index in [1.165, 1.54) is 12.1 Å². The summed E-state index contributed by atoms with van der Waals surface area (Å²) in [5.74, 6) is -0.499. The van der Waals surface area contributed by atoms with Crippen molar-refractivity contribution >= 4 is 10.0 Å². The van der Waals surface area contributed by atoms with Crippen LogP contribution in [0.15, 0.2) is 23.1 Å². The van der Waals surface area contributed by atoms with Crippen molar-refractivity contribution in [2.75, 3.05) is 6.54 Å². The molecule has 19 heavy (non-hydrogen) atoms. The second-order valence-electron chi connectivity index (χ2n) is 4.50. The normalized spacial score (nSPS) is 12.1. The van der Waals surface area contributed by atoms with E-state index < -0.39 is 15.8 Å². The average Bonchev–Trinajstić information content (AvgIpc) is 2.39. The van der Waals surface area contributed by atoms with Crippen LogP contribution in [0.3, 0.4) is 0 Å². The van der Waals surface area contributed by atoms with Gasteiger partial charge in [0.2, 0.25) is 10.0 Å². The smallest absolute Gasteiger partial charge is 0.243 e. The van der Waals surface area contributed by atoms with Gasteiger partial charge >= 0.3 is 0 Å². The Labute approximate surface area is 114 Å². The zero-order valence-electron chi connectivity index (χ0n) is 11.3. The molecule has 0 atom stereocenters. The molecule has 0 aliphatic heterocycles. The Morgan fingerprint density at radius 3 is 2.42 bits per heavy atom. The molecule has 4 nitrogen and oxygen atoms in total. The van der Waals surface area contributed by atoms with Crippen LogP contribution in [0, 0.1) is 11.7 Å². The fraction of sp³-hybridized carbons (Fsp3) is 0.538. The lowest BCUT2D eigenvalue weighted by Crippen LogP contribution is -2.29. The highest BCUT2D eigenvalue weighted by Gasteiger charge is 2.19. The molecule has 0 unspecified atom stereocenters. The summed E-state index contributed by atoms with van der Waals surface area (Å²) < 4.78 is 40.2. The van der Waals surface area contributed by atoms with Gasteiger partial charge in [-0.2, -0.15) is 0 Å². The molecule has 0 bridgehead atoms. The summed E-state index contributed by atoms with van der Waals surface area (Å²) in [5.41, 5.74) is 5.95. The number of hydrogen-bond donors (Lipinski definition) is 2. The van der Waals surface area contributed by atoms with Gasteiger partial charge in [-0.25, -0.2) is 17.5 Å². The molecule has 0 radical (unpaired) electrons. The quantitative estimate of drug-likeness (QED) is 0.806. The van der Waals surface area contributed by atoms with Crippen LogP contribution in [0.1, 0.15) is 32.3 Å². The van der Waals surface area contributed by atoms with Crippen LogP contribution in [-0.4, -0.2) is 15.0 Å². The van der Waals surface area contributed by atoms with E-state index >= 15 is 0 Å². The molecule has 6 heteroatoms. The third-order valence-corrected chi connectivity index (χ3v) is 4.70. The van der Waals surface area contributed by atoms with Crippen molar-refractivity contribution in [1.29, 1.82) is 0 Å². The minimum Gasteiger partial charge on any atom is -0.326 e. The lowest BCUT2D eigenvalue weighted by atomic mass is 10.0. The zero-order valence-corrected chi connectivity index (χ0v) is 12.1. The van der Waals surface area contributed by atoms with Crippen LogP contribution in [0.25, 0.3) is 0 Å². The lowest BCUT2D eigenvalue weighted by molar-refractivity contribution is 0.477. The number of benzene rings is 1. The van der Waals surface area contributed by atoms with Crippen LogP contribution in [0.2, 0.25) is 0 Å². The molecule has 1 rings (SSSR count). The first-order valence-corrected chi connectivity index (χ1v) is 7.91. The number of nitrogens with one attached hydrogen (secondary N) is 1. The first-order valence-electron chi connectivity index (χ1n) is 6.42. The standard InChI is InChI=1S/C13H21FN2O2S/c1-3-10(4-2)9-16-19(17,18)13-6-5-11(8-15)7-12(13)14/h5-7,10,16H,3-4,8-9,15H2,1-2H3. The van der Waals surface area contributed by atoms with Gasteiger partial charge in [-0.05, 0) is 23.6 Å². The topological polar surface area (TPSA) is 72.2 Å². The Bertz CT molecular complexity index is 513. The third kappa shape index (κ3) is 4.26. The third-order valence-electron chi connectivity index (χ3n) is 3.24. The summed E-state index contributed by atoms with van der Waals surface area (Å²) in [5, 5.41) is 0. The lowest BCUT2D eigenvalue weighted by Gasteiger charge is -2.14. The first-order chi connectivity index (χ1) is 8.94. The van der Waals surface area contributed by atoms with Gasteiger partial charge in [-0.15, -0.1) is 0 Å². The van der Waals surface area contributed by atoms with Gasteiger partial charge < -0.3 is 5.73 Å². The maximum atomic E-state index is 13.7. The zero-order chi connectivity index (χ0) is 14.5. The van der Waals surface area contributed by atoms with Gasteiger partial charge in [0.1, 0.15) is 10.7 Å². The Hall–Kier alpha value is -0.980. The molecule has 0 aliphatic rings. The fourth-order valence-electron chi connectivity index (χ4n) is 1.77. The van der Waals surface area contributed by atoms with E-state index in [9.17, 15) is 12.8 Å². The van der Waals surface area contributed by atoms with Crippen molar-refractivity contribution in [3.05, 3.63) is 29.6 Å². The summed E-state index contributed by atoms with van der Waals surface area (Å²) in [4.78, 5) is -0.323. The van der Waals surface area contributed by atoms with Gasteiger partial charge in [-0.1, -0.05) is 32.8 Å². The monoisotopic (exact) mass is 288 g/mol. The second kappa shape index (κ2) is 6.98. The maximum Gasteiger partial charge on any atom is 0.243 e. The van der Waals surface area contributed by atoms with Gasteiger partial charge in [0.15, 0.2) is 0 Å². The van der Waals surface area contributed by atoms with Gasteiger partial charge in [0.05, 0.1) is 0 Å². The van der Waals surface area contributed by atoms with Crippen molar-refractivity contribution in [3.8, 4) is 0 Å².